The number of halogens is 1. The molecule has 0 atom stereocenters. The van der Waals surface area contributed by atoms with Crippen molar-refractivity contribution in [2.75, 3.05) is 0 Å². The lowest BCUT2D eigenvalue weighted by Crippen LogP contribution is -2.29. The van der Waals surface area contributed by atoms with E-state index in [1.807, 2.05) is 32.0 Å². The number of phenols is 1. The van der Waals surface area contributed by atoms with Crippen LogP contribution in [-0.2, 0) is 13.0 Å². The van der Waals surface area contributed by atoms with Gasteiger partial charge < -0.3 is 20.2 Å². The Kier molecular flexibility index (Phi) is 5.60. The number of phenolic OH excluding ortho intramolecular Hbond substituents is 1. The fraction of sp³-hybridized carbons (Fsp3) is 0.192. The molecular weight excluding hydrogens is 451 g/mol. The number of rotatable bonds is 6. The van der Waals surface area contributed by atoms with Crippen molar-refractivity contribution < 1.29 is 24.2 Å². The molecule has 5 rings (SSSR count). The molecule has 0 amide bonds. The standard InChI is InChI=1S/C26H23FN4O4/c1-15(2)35-21-14-18(16-7-9-19(27)10-8-16)6-5-17(21)11-13-30-23-24(31(34)29-30)26(33)22-20(25(23)32)4-3-12-28-22/h3-10,12,14-15,32-33H,11,13H2,1-2H3/p-1. The molecule has 8 nitrogen and oxygen atoms in total. The maximum absolute atomic E-state index is 13.3. The third-order valence-electron chi connectivity index (χ3n) is 5.78. The zero-order chi connectivity index (χ0) is 24.7. The molecule has 0 saturated carbocycles. The van der Waals surface area contributed by atoms with Crippen molar-refractivity contribution >= 4 is 21.9 Å². The molecule has 0 aliphatic rings. The van der Waals surface area contributed by atoms with Crippen molar-refractivity contribution in [3.63, 3.8) is 0 Å². The van der Waals surface area contributed by atoms with Gasteiger partial charge in [-0.05, 0) is 60.6 Å². The lowest BCUT2D eigenvalue weighted by Gasteiger charge is -2.16. The van der Waals surface area contributed by atoms with Crippen LogP contribution in [0.15, 0.2) is 60.8 Å². The van der Waals surface area contributed by atoms with Gasteiger partial charge in [0.25, 0.3) is 0 Å². The fourth-order valence-electron chi connectivity index (χ4n) is 4.17. The van der Waals surface area contributed by atoms with Crippen molar-refractivity contribution in [2.24, 2.45) is 0 Å². The molecule has 0 spiro atoms. The molecule has 0 saturated heterocycles. The maximum atomic E-state index is 13.3. The Balaban J connectivity index is 1.52. The van der Waals surface area contributed by atoms with E-state index in [-0.39, 0.29) is 51.0 Å². The SMILES string of the molecule is CC(C)Oc1cc(-c2ccc(F)cc2)ccc1CCn1n[n+]([O-])c2c(O)c3ncccc3c([O-])c21. The van der Waals surface area contributed by atoms with Gasteiger partial charge >= 0.3 is 0 Å². The summed E-state index contributed by atoms with van der Waals surface area (Å²) >= 11 is 0. The number of nitrogens with zero attached hydrogens (tertiary/aromatic N) is 4. The minimum Gasteiger partial charge on any atom is -0.869 e. The number of ether oxygens (including phenoxy) is 1. The largest absolute Gasteiger partial charge is 0.869 e. The van der Waals surface area contributed by atoms with E-state index < -0.39 is 5.75 Å². The molecule has 3 aromatic carbocycles. The topological polar surface area (TPSA) is 110 Å². The average molecular weight is 473 g/mol. The number of fused-ring (bicyclic) bond motifs is 2. The van der Waals surface area contributed by atoms with Crippen LogP contribution >= 0.6 is 0 Å². The molecule has 0 aliphatic carbocycles. The van der Waals surface area contributed by atoms with E-state index in [2.05, 4.69) is 10.2 Å². The van der Waals surface area contributed by atoms with E-state index >= 15 is 0 Å². The van der Waals surface area contributed by atoms with Crippen LogP contribution in [0.5, 0.6) is 17.2 Å². The second kappa shape index (κ2) is 8.75. The first kappa shape index (κ1) is 22.4. The third-order valence-corrected chi connectivity index (χ3v) is 5.78. The predicted molar refractivity (Wildman–Crippen MR) is 126 cm³/mol. The first-order valence-electron chi connectivity index (χ1n) is 11.2. The normalized spacial score (nSPS) is 11.5. The summed E-state index contributed by atoms with van der Waals surface area (Å²) in [6, 6.07) is 15.1. The second-order valence-corrected chi connectivity index (χ2v) is 8.51. The summed E-state index contributed by atoms with van der Waals surface area (Å²) in [6.45, 7) is 4.04. The van der Waals surface area contributed by atoms with E-state index in [4.69, 9.17) is 4.74 Å². The number of hydrogen-bond donors (Lipinski definition) is 1. The highest BCUT2D eigenvalue weighted by atomic mass is 19.1. The average Bonchev–Trinajstić information content (AvgIpc) is 3.18. The summed E-state index contributed by atoms with van der Waals surface area (Å²) in [5.41, 5.74) is 2.46. The summed E-state index contributed by atoms with van der Waals surface area (Å²) in [7, 11) is 0. The zero-order valence-electron chi connectivity index (χ0n) is 19.1. The van der Waals surface area contributed by atoms with E-state index in [0.717, 1.165) is 16.7 Å². The molecule has 35 heavy (non-hydrogen) atoms. The Bertz CT molecular complexity index is 1550. The van der Waals surface area contributed by atoms with Crippen LogP contribution in [0.4, 0.5) is 4.39 Å². The van der Waals surface area contributed by atoms with E-state index in [9.17, 15) is 19.8 Å². The molecule has 0 fully saturated rings. The predicted octanol–water partition coefficient (Wildman–Crippen LogP) is 3.83. The van der Waals surface area contributed by atoms with Crippen molar-refractivity contribution in [3.8, 4) is 28.4 Å². The van der Waals surface area contributed by atoms with Crippen molar-refractivity contribution in [3.05, 3.63) is 77.4 Å². The number of benzene rings is 3. The summed E-state index contributed by atoms with van der Waals surface area (Å²) in [6.07, 6.45) is 1.77. The highest BCUT2D eigenvalue weighted by molar-refractivity contribution is 6.04. The van der Waals surface area contributed by atoms with Gasteiger partial charge in [-0.1, -0.05) is 30.3 Å². The highest BCUT2D eigenvalue weighted by Gasteiger charge is 2.23. The van der Waals surface area contributed by atoms with Crippen LogP contribution in [-0.4, -0.2) is 26.1 Å². The Hall–Kier alpha value is -4.40. The number of aryl methyl sites for hydroxylation is 2. The Morgan fingerprint density at radius 2 is 1.86 bits per heavy atom. The Labute approximate surface area is 200 Å². The molecule has 0 aliphatic heterocycles. The van der Waals surface area contributed by atoms with Crippen LogP contribution in [0.25, 0.3) is 33.1 Å². The molecular formula is C26H22FN4O4-. The maximum Gasteiger partial charge on any atom is 0.245 e. The van der Waals surface area contributed by atoms with Crippen molar-refractivity contribution in [1.82, 2.24) is 14.9 Å². The van der Waals surface area contributed by atoms with E-state index in [1.54, 1.807) is 24.3 Å². The number of aromatic hydroxyl groups is 1. The van der Waals surface area contributed by atoms with Gasteiger partial charge in [0.2, 0.25) is 5.52 Å². The molecule has 5 aromatic rings. The van der Waals surface area contributed by atoms with Crippen LogP contribution in [0, 0.1) is 11.0 Å². The molecule has 2 aromatic heterocycles. The molecule has 0 bridgehead atoms. The minimum atomic E-state index is -0.423. The minimum absolute atomic E-state index is 0.0206. The molecule has 9 heteroatoms. The van der Waals surface area contributed by atoms with E-state index in [0.29, 0.717) is 12.2 Å². The van der Waals surface area contributed by atoms with E-state index in [1.165, 1.54) is 23.0 Å². The lowest BCUT2D eigenvalue weighted by molar-refractivity contribution is -0.646. The zero-order valence-corrected chi connectivity index (χ0v) is 19.1. The molecule has 2 heterocycles. The van der Waals surface area contributed by atoms with Crippen LogP contribution < -0.4 is 14.7 Å². The van der Waals surface area contributed by atoms with Gasteiger partial charge in [-0.25, -0.2) is 4.39 Å². The molecule has 178 valence electrons. The summed E-state index contributed by atoms with van der Waals surface area (Å²) in [4.78, 5) is 4.29. The first-order valence-corrected chi connectivity index (χ1v) is 11.2. The van der Waals surface area contributed by atoms with Crippen LogP contribution in [0.1, 0.15) is 19.4 Å². The quantitative estimate of drug-likeness (QED) is 0.296. The molecule has 1 N–H and O–H groups in total. The van der Waals surface area contributed by atoms with Gasteiger partial charge in [-0.3, -0.25) is 4.98 Å². The highest BCUT2D eigenvalue weighted by Crippen LogP contribution is 2.37. The Morgan fingerprint density at radius 3 is 2.60 bits per heavy atom. The van der Waals surface area contributed by atoms with Gasteiger partial charge in [-0.15, -0.1) is 9.53 Å². The summed E-state index contributed by atoms with van der Waals surface area (Å²) < 4.78 is 20.7. The third kappa shape index (κ3) is 4.05. The Morgan fingerprint density at radius 1 is 1.11 bits per heavy atom. The van der Waals surface area contributed by atoms with Crippen molar-refractivity contribution in [1.29, 1.82) is 0 Å². The van der Waals surface area contributed by atoms with Gasteiger partial charge in [0.15, 0.2) is 11.3 Å². The van der Waals surface area contributed by atoms with Crippen LogP contribution in [0.2, 0.25) is 0 Å². The van der Waals surface area contributed by atoms with Gasteiger partial charge in [0.1, 0.15) is 23.6 Å². The van der Waals surface area contributed by atoms with Gasteiger partial charge in [0.05, 0.1) is 11.3 Å². The smallest absolute Gasteiger partial charge is 0.245 e. The molecule has 0 radical (unpaired) electrons. The second-order valence-electron chi connectivity index (χ2n) is 8.51. The van der Waals surface area contributed by atoms with Crippen molar-refractivity contribution in [2.45, 2.75) is 32.9 Å². The van der Waals surface area contributed by atoms with Crippen LogP contribution in [0.3, 0.4) is 0 Å². The number of hydrogen-bond acceptors (Lipinski definition) is 6. The molecule has 0 unspecified atom stereocenters. The first-order chi connectivity index (χ1) is 16.8. The summed E-state index contributed by atoms with van der Waals surface area (Å²) in [5.74, 6) is -0.455. The lowest BCUT2D eigenvalue weighted by atomic mass is 10.0. The summed E-state index contributed by atoms with van der Waals surface area (Å²) in [5, 5.41) is 40.3. The fourth-order valence-corrected chi connectivity index (χ4v) is 4.17. The number of pyridine rings is 1. The number of aromatic nitrogens is 4. The van der Waals surface area contributed by atoms with Gasteiger partial charge in [-0.2, -0.15) is 0 Å². The monoisotopic (exact) mass is 473 g/mol. The van der Waals surface area contributed by atoms with Gasteiger partial charge in [0, 0.05) is 18.0 Å².